The SMILES string of the molecule is C=C(Br)CNCc1ccccc1Br. The molecule has 13 heavy (non-hydrogen) atoms. The third kappa shape index (κ3) is 4.07. The number of rotatable bonds is 4. The molecule has 1 aromatic rings. The summed E-state index contributed by atoms with van der Waals surface area (Å²) in [6.07, 6.45) is 0. The van der Waals surface area contributed by atoms with E-state index in [2.05, 4.69) is 49.8 Å². The van der Waals surface area contributed by atoms with Crippen molar-refractivity contribution in [3.8, 4) is 0 Å². The molecule has 0 atom stereocenters. The average Bonchev–Trinajstić information content (AvgIpc) is 2.08. The number of halogens is 2. The Morgan fingerprint density at radius 1 is 1.38 bits per heavy atom. The number of benzene rings is 1. The smallest absolute Gasteiger partial charge is 0.0268 e. The summed E-state index contributed by atoms with van der Waals surface area (Å²) < 4.78 is 2.11. The Morgan fingerprint density at radius 2 is 2.08 bits per heavy atom. The van der Waals surface area contributed by atoms with E-state index in [0.717, 1.165) is 22.0 Å². The molecule has 1 rings (SSSR count). The summed E-state index contributed by atoms with van der Waals surface area (Å²) >= 11 is 6.79. The highest BCUT2D eigenvalue weighted by Gasteiger charge is 1.96. The topological polar surface area (TPSA) is 12.0 Å². The number of nitrogens with one attached hydrogen (secondary N) is 1. The van der Waals surface area contributed by atoms with E-state index in [4.69, 9.17) is 0 Å². The molecule has 0 saturated carbocycles. The molecule has 3 heteroatoms. The van der Waals surface area contributed by atoms with E-state index in [9.17, 15) is 0 Å². The van der Waals surface area contributed by atoms with Crippen LogP contribution < -0.4 is 5.32 Å². The van der Waals surface area contributed by atoms with Crippen LogP contribution in [0.3, 0.4) is 0 Å². The average molecular weight is 305 g/mol. The summed E-state index contributed by atoms with van der Waals surface area (Å²) in [6, 6.07) is 8.18. The van der Waals surface area contributed by atoms with Crippen LogP contribution in [0.4, 0.5) is 0 Å². The minimum absolute atomic E-state index is 0.793. The van der Waals surface area contributed by atoms with Gasteiger partial charge in [-0.2, -0.15) is 0 Å². The van der Waals surface area contributed by atoms with Crippen molar-refractivity contribution in [2.75, 3.05) is 6.54 Å². The van der Waals surface area contributed by atoms with Crippen LogP contribution >= 0.6 is 31.9 Å². The maximum absolute atomic E-state index is 3.75. The van der Waals surface area contributed by atoms with Crippen molar-refractivity contribution in [2.24, 2.45) is 0 Å². The zero-order valence-corrected chi connectivity index (χ0v) is 10.4. The lowest BCUT2D eigenvalue weighted by atomic mass is 10.2. The second-order valence-corrected chi connectivity index (χ2v) is 4.69. The predicted octanol–water partition coefficient (Wildman–Crippen LogP) is 3.45. The Morgan fingerprint density at radius 3 is 2.69 bits per heavy atom. The van der Waals surface area contributed by atoms with Gasteiger partial charge in [0.2, 0.25) is 0 Å². The monoisotopic (exact) mass is 303 g/mol. The van der Waals surface area contributed by atoms with Gasteiger partial charge >= 0.3 is 0 Å². The van der Waals surface area contributed by atoms with Gasteiger partial charge in [0.25, 0.3) is 0 Å². The molecule has 0 bridgehead atoms. The Bertz CT molecular complexity index is 297. The van der Waals surface area contributed by atoms with Crippen molar-refractivity contribution >= 4 is 31.9 Å². The summed E-state index contributed by atoms with van der Waals surface area (Å²) in [7, 11) is 0. The van der Waals surface area contributed by atoms with Crippen LogP contribution in [0.25, 0.3) is 0 Å². The molecule has 0 aromatic heterocycles. The lowest BCUT2D eigenvalue weighted by Crippen LogP contribution is -2.14. The van der Waals surface area contributed by atoms with Gasteiger partial charge in [0.1, 0.15) is 0 Å². The van der Waals surface area contributed by atoms with Crippen molar-refractivity contribution in [3.05, 3.63) is 45.4 Å². The summed E-state index contributed by atoms with van der Waals surface area (Å²) in [5, 5.41) is 3.27. The van der Waals surface area contributed by atoms with Gasteiger partial charge in [-0.25, -0.2) is 0 Å². The van der Waals surface area contributed by atoms with E-state index >= 15 is 0 Å². The van der Waals surface area contributed by atoms with Crippen LogP contribution in [0.5, 0.6) is 0 Å². The largest absolute Gasteiger partial charge is 0.308 e. The fourth-order valence-corrected chi connectivity index (χ4v) is 1.60. The maximum atomic E-state index is 3.75. The molecule has 1 N–H and O–H groups in total. The first-order chi connectivity index (χ1) is 6.20. The highest BCUT2D eigenvalue weighted by molar-refractivity contribution is 9.11. The Balaban J connectivity index is 2.45. The van der Waals surface area contributed by atoms with Crippen molar-refractivity contribution in [3.63, 3.8) is 0 Å². The minimum Gasteiger partial charge on any atom is -0.308 e. The molecule has 0 aliphatic heterocycles. The number of hydrogen-bond donors (Lipinski definition) is 1. The highest BCUT2D eigenvalue weighted by Crippen LogP contribution is 2.15. The predicted molar refractivity (Wildman–Crippen MR) is 63.9 cm³/mol. The van der Waals surface area contributed by atoms with Crippen molar-refractivity contribution in [1.82, 2.24) is 5.32 Å². The summed E-state index contributed by atoms with van der Waals surface area (Å²) in [5.41, 5.74) is 1.26. The van der Waals surface area contributed by atoms with Crippen LogP contribution in [-0.4, -0.2) is 6.54 Å². The van der Waals surface area contributed by atoms with Gasteiger partial charge < -0.3 is 5.32 Å². The molecular formula is C10H11Br2N. The van der Waals surface area contributed by atoms with Crippen molar-refractivity contribution < 1.29 is 0 Å². The Kier molecular flexibility index (Phi) is 4.70. The van der Waals surface area contributed by atoms with E-state index in [1.54, 1.807) is 0 Å². The first kappa shape index (κ1) is 11.0. The molecular weight excluding hydrogens is 294 g/mol. The zero-order valence-electron chi connectivity index (χ0n) is 7.19. The van der Waals surface area contributed by atoms with E-state index in [0.29, 0.717) is 0 Å². The fraction of sp³-hybridized carbons (Fsp3) is 0.200. The van der Waals surface area contributed by atoms with Crippen molar-refractivity contribution in [1.29, 1.82) is 0 Å². The van der Waals surface area contributed by atoms with Crippen LogP contribution in [0.15, 0.2) is 39.8 Å². The molecule has 0 radical (unpaired) electrons. The van der Waals surface area contributed by atoms with E-state index in [-0.39, 0.29) is 0 Å². The van der Waals surface area contributed by atoms with Gasteiger partial charge in [-0.05, 0) is 11.6 Å². The molecule has 1 nitrogen and oxygen atoms in total. The summed E-state index contributed by atoms with van der Waals surface area (Å²) in [6.45, 7) is 5.40. The first-order valence-electron chi connectivity index (χ1n) is 3.97. The molecule has 0 heterocycles. The van der Waals surface area contributed by atoms with E-state index in [1.807, 2.05) is 18.2 Å². The Labute approximate surface area is 95.5 Å². The summed E-state index contributed by atoms with van der Waals surface area (Å²) in [4.78, 5) is 0. The molecule has 0 fully saturated rings. The lowest BCUT2D eigenvalue weighted by Gasteiger charge is -2.05. The van der Waals surface area contributed by atoms with Crippen LogP contribution in [0.1, 0.15) is 5.56 Å². The molecule has 0 unspecified atom stereocenters. The molecule has 0 aliphatic rings. The molecule has 0 spiro atoms. The lowest BCUT2D eigenvalue weighted by molar-refractivity contribution is 0.755. The van der Waals surface area contributed by atoms with Crippen LogP contribution in [0, 0.1) is 0 Å². The highest BCUT2D eigenvalue weighted by atomic mass is 79.9. The molecule has 0 amide bonds. The molecule has 70 valence electrons. The van der Waals surface area contributed by atoms with Gasteiger partial charge in [-0.3, -0.25) is 0 Å². The second kappa shape index (κ2) is 5.58. The molecule has 0 aliphatic carbocycles. The van der Waals surface area contributed by atoms with Crippen LogP contribution in [0.2, 0.25) is 0 Å². The first-order valence-corrected chi connectivity index (χ1v) is 5.56. The summed E-state index contributed by atoms with van der Waals surface area (Å²) in [5.74, 6) is 0. The third-order valence-electron chi connectivity index (χ3n) is 1.59. The molecule has 1 aromatic carbocycles. The second-order valence-electron chi connectivity index (χ2n) is 2.71. The van der Waals surface area contributed by atoms with Gasteiger partial charge in [0.05, 0.1) is 0 Å². The fourth-order valence-electron chi connectivity index (χ4n) is 0.975. The van der Waals surface area contributed by atoms with Gasteiger partial charge in [-0.1, -0.05) is 56.6 Å². The van der Waals surface area contributed by atoms with E-state index in [1.165, 1.54) is 5.56 Å². The quantitative estimate of drug-likeness (QED) is 0.898. The van der Waals surface area contributed by atoms with Gasteiger partial charge in [-0.15, -0.1) is 0 Å². The number of hydrogen-bond acceptors (Lipinski definition) is 1. The van der Waals surface area contributed by atoms with Crippen molar-refractivity contribution in [2.45, 2.75) is 6.54 Å². The normalized spacial score (nSPS) is 10.0. The van der Waals surface area contributed by atoms with Gasteiger partial charge in [0, 0.05) is 22.0 Å². The maximum Gasteiger partial charge on any atom is 0.0268 e. The zero-order chi connectivity index (χ0) is 9.68. The Hall–Kier alpha value is -0.120. The standard InChI is InChI=1S/C10H11Br2N/c1-8(11)6-13-7-9-4-2-3-5-10(9)12/h2-5,13H,1,6-7H2. The third-order valence-corrected chi connectivity index (χ3v) is 2.64. The molecule has 0 saturated heterocycles. The van der Waals surface area contributed by atoms with Gasteiger partial charge in [0.15, 0.2) is 0 Å². The minimum atomic E-state index is 0.793. The van der Waals surface area contributed by atoms with Crippen LogP contribution in [-0.2, 0) is 6.54 Å². The van der Waals surface area contributed by atoms with E-state index < -0.39 is 0 Å².